The van der Waals surface area contributed by atoms with E-state index in [-0.39, 0.29) is 11.3 Å². The molecule has 0 saturated heterocycles. The van der Waals surface area contributed by atoms with Crippen LogP contribution in [-0.4, -0.2) is 15.4 Å². The van der Waals surface area contributed by atoms with Gasteiger partial charge in [0.2, 0.25) is 5.91 Å². The third-order valence-corrected chi connectivity index (χ3v) is 5.51. The van der Waals surface area contributed by atoms with Crippen LogP contribution in [0.5, 0.6) is 0 Å². The zero-order valence-corrected chi connectivity index (χ0v) is 19.6. The van der Waals surface area contributed by atoms with E-state index in [4.69, 9.17) is 4.42 Å². The fraction of sp³-hybridized carbons (Fsp3) is 0.444. The van der Waals surface area contributed by atoms with E-state index >= 15 is 0 Å². The number of aryl methyl sites for hydroxylation is 1. The summed E-state index contributed by atoms with van der Waals surface area (Å²) in [7, 11) is 0. The minimum absolute atomic E-state index is 0.177. The molecule has 1 unspecified atom stereocenters. The van der Waals surface area contributed by atoms with Gasteiger partial charge in [-0.1, -0.05) is 57.5 Å². The minimum Gasteiger partial charge on any atom is -0.467 e. The van der Waals surface area contributed by atoms with Crippen LogP contribution < -0.4 is 0 Å². The first-order valence-corrected chi connectivity index (χ1v) is 11.2. The summed E-state index contributed by atoms with van der Waals surface area (Å²) in [6, 6.07) is 16.6. The third kappa shape index (κ3) is 7.16. The van der Waals surface area contributed by atoms with Crippen LogP contribution >= 0.6 is 0 Å². The lowest BCUT2D eigenvalue weighted by Gasteiger charge is -2.27. The number of hydrogen-bond donors (Lipinski definition) is 0. The van der Waals surface area contributed by atoms with E-state index in [0.717, 1.165) is 24.4 Å². The van der Waals surface area contributed by atoms with Gasteiger partial charge in [0, 0.05) is 24.9 Å². The first-order chi connectivity index (χ1) is 14.7. The summed E-state index contributed by atoms with van der Waals surface area (Å²) in [6.07, 6.45) is 5.33. The van der Waals surface area contributed by atoms with Gasteiger partial charge in [0.05, 0.1) is 19.4 Å². The molecule has 31 heavy (non-hydrogen) atoms. The standard InChI is InChI=1S/C27H36N2O2/c1-21-10-12-23(13-11-21)18-28-14-6-8-24(28)19-29(20-25-9-7-15-31-25)26(30)16-22(2)17-27(3,4)5/h6-15,22H,16-20H2,1-5H3. The molecule has 3 rings (SSSR count). The molecule has 4 nitrogen and oxygen atoms in total. The first-order valence-electron chi connectivity index (χ1n) is 11.2. The molecule has 0 radical (unpaired) electrons. The molecule has 1 amide bonds. The zero-order chi connectivity index (χ0) is 22.4. The summed E-state index contributed by atoms with van der Waals surface area (Å²) in [5, 5.41) is 0. The maximum absolute atomic E-state index is 13.3. The lowest BCUT2D eigenvalue weighted by atomic mass is 9.84. The molecule has 0 aliphatic carbocycles. The third-order valence-electron chi connectivity index (χ3n) is 5.51. The van der Waals surface area contributed by atoms with Crippen molar-refractivity contribution in [2.45, 2.75) is 67.1 Å². The number of amides is 1. The van der Waals surface area contributed by atoms with Crippen molar-refractivity contribution < 1.29 is 9.21 Å². The Morgan fingerprint density at radius 3 is 2.45 bits per heavy atom. The Kier molecular flexibility index (Phi) is 7.42. The number of hydrogen-bond acceptors (Lipinski definition) is 2. The summed E-state index contributed by atoms with van der Waals surface area (Å²) in [5.41, 5.74) is 3.86. The molecule has 3 aromatic rings. The van der Waals surface area contributed by atoms with Crippen LogP contribution in [0.25, 0.3) is 0 Å². The first kappa shape index (κ1) is 22.9. The maximum atomic E-state index is 13.3. The maximum Gasteiger partial charge on any atom is 0.223 e. The molecule has 1 aromatic carbocycles. The predicted molar refractivity (Wildman–Crippen MR) is 126 cm³/mol. The van der Waals surface area contributed by atoms with Gasteiger partial charge in [-0.3, -0.25) is 4.79 Å². The smallest absolute Gasteiger partial charge is 0.223 e. The molecule has 0 saturated carbocycles. The quantitative estimate of drug-likeness (QED) is 0.400. The number of carbonyl (C=O) groups excluding carboxylic acids is 1. The predicted octanol–water partition coefficient (Wildman–Crippen LogP) is 6.43. The van der Waals surface area contributed by atoms with E-state index in [0.29, 0.717) is 25.4 Å². The van der Waals surface area contributed by atoms with Crippen LogP contribution in [0.15, 0.2) is 65.4 Å². The molecule has 0 spiro atoms. The molecule has 0 fully saturated rings. The summed E-state index contributed by atoms with van der Waals surface area (Å²) in [6.45, 7) is 12.8. The minimum atomic E-state index is 0.177. The molecule has 0 N–H and O–H groups in total. The molecule has 0 aliphatic heterocycles. The molecular formula is C27H36N2O2. The van der Waals surface area contributed by atoms with Crippen LogP contribution in [0.4, 0.5) is 0 Å². The lowest BCUT2D eigenvalue weighted by molar-refractivity contribution is -0.133. The molecular weight excluding hydrogens is 384 g/mol. The number of rotatable bonds is 9. The molecule has 2 heterocycles. The van der Waals surface area contributed by atoms with Crippen molar-refractivity contribution in [3.8, 4) is 0 Å². The monoisotopic (exact) mass is 420 g/mol. The van der Waals surface area contributed by atoms with E-state index in [1.807, 2.05) is 17.0 Å². The van der Waals surface area contributed by atoms with E-state index in [1.165, 1.54) is 11.1 Å². The molecule has 1 atom stereocenters. The van der Waals surface area contributed by atoms with Crippen LogP contribution in [0.2, 0.25) is 0 Å². The van der Waals surface area contributed by atoms with E-state index < -0.39 is 0 Å². The number of nitrogens with zero attached hydrogens (tertiary/aromatic N) is 2. The van der Waals surface area contributed by atoms with Gasteiger partial charge in [-0.15, -0.1) is 0 Å². The summed E-state index contributed by atoms with van der Waals surface area (Å²) >= 11 is 0. The van der Waals surface area contributed by atoms with Crippen molar-refractivity contribution in [3.05, 3.63) is 83.6 Å². The number of furan rings is 1. The fourth-order valence-electron chi connectivity index (χ4n) is 4.20. The highest BCUT2D eigenvalue weighted by Crippen LogP contribution is 2.27. The Hall–Kier alpha value is -2.75. The Labute approximate surface area is 186 Å². The van der Waals surface area contributed by atoms with Gasteiger partial charge in [0.15, 0.2) is 0 Å². The highest BCUT2D eigenvalue weighted by molar-refractivity contribution is 5.76. The van der Waals surface area contributed by atoms with Gasteiger partial charge in [0.1, 0.15) is 5.76 Å². The largest absolute Gasteiger partial charge is 0.467 e. The van der Waals surface area contributed by atoms with E-state index in [1.54, 1.807) is 6.26 Å². The Bertz CT molecular complexity index is 946. The number of carbonyl (C=O) groups is 1. The highest BCUT2D eigenvalue weighted by Gasteiger charge is 2.22. The second-order valence-electron chi connectivity index (χ2n) is 10.0. The van der Waals surface area contributed by atoms with Crippen LogP contribution in [0, 0.1) is 18.3 Å². The Morgan fingerprint density at radius 1 is 1.06 bits per heavy atom. The zero-order valence-electron chi connectivity index (χ0n) is 19.6. The van der Waals surface area contributed by atoms with Gasteiger partial charge < -0.3 is 13.9 Å². The van der Waals surface area contributed by atoms with Crippen molar-refractivity contribution in [3.63, 3.8) is 0 Å². The SMILES string of the molecule is Cc1ccc(Cn2cccc2CN(Cc2ccco2)C(=O)CC(C)CC(C)(C)C)cc1. The second kappa shape index (κ2) is 10.0. The van der Waals surface area contributed by atoms with Crippen molar-refractivity contribution in [1.29, 1.82) is 0 Å². The normalized spacial score (nSPS) is 12.7. The summed E-state index contributed by atoms with van der Waals surface area (Å²) < 4.78 is 7.78. The number of benzene rings is 1. The van der Waals surface area contributed by atoms with Gasteiger partial charge in [-0.25, -0.2) is 0 Å². The summed E-state index contributed by atoms with van der Waals surface area (Å²) in [4.78, 5) is 15.2. The molecule has 166 valence electrons. The average Bonchev–Trinajstić information content (AvgIpc) is 3.34. The van der Waals surface area contributed by atoms with E-state index in [2.05, 4.69) is 81.8 Å². The van der Waals surface area contributed by atoms with Crippen LogP contribution in [0.3, 0.4) is 0 Å². The lowest BCUT2D eigenvalue weighted by Crippen LogP contribution is -2.32. The van der Waals surface area contributed by atoms with Crippen molar-refractivity contribution in [1.82, 2.24) is 9.47 Å². The van der Waals surface area contributed by atoms with E-state index in [9.17, 15) is 4.79 Å². The van der Waals surface area contributed by atoms with Crippen LogP contribution in [-0.2, 0) is 24.4 Å². The van der Waals surface area contributed by atoms with Crippen LogP contribution in [0.1, 0.15) is 63.1 Å². The Morgan fingerprint density at radius 2 is 1.81 bits per heavy atom. The van der Waals surface area contributed by atoms with Crippen molar-refractivity contribution >= 4 is 5.91 Å². The highest BCUT2D eigenvalue weighted by atomic mass is 16.3. The van der Waals surface area contributed by atoms with Gasteiger partial charge in [0.25, 0.3) is 0 Å². The Balaban J connectivity index is 1.74. The topological polar surface area (TPSA) is 38.4 Å². The summed E-state index contributed by atoms with van der Waals surface area (Å²) in [5.74, 6) is 1.33. The van der Waals surface area contributed by atoms with Gasteiger partial charge in [-0.2, -0.15) is 0 Å². The van der Waals surface area contributed by atoms with Crippen molar-refractivity contribution in [2.24, 2.45) is 11.3 Å². The second-order valence-corrected chi connectivity index (χ2v) is 10.0. The molecule has 4 heteroatoms. The van der Waals surface area contributed by atoms with Crippen molar-refractivity contribution in [2.75, 3.05) is 0 Å². The molecule has 0 aliphatic rings. The molecule has 2 aromatic heterocycles. The van der Waals surface area contributed by atoms with Gasteiger partial charge in [-0.05, 0) is 54.5 Å². The fourth-order valence-corrected chi connectivity index (χ4v) is 4.20. The number of aromatic nitrogens is 1. The van der Waals surface area contributed by atoms with Gasteiger partial charge >= 0.3 is 0 Å². The average molecular weight is 421 g/mol. The molecule has 0 bridgehead atoms.